The van der Waals surface area contributed by atoms with Gasteiger partial charge in [0, 0.05) is 6.07 Å². The Morgan fingerprint density at radius 3 is 2.73 bits per heavy atom. The molecular weight excluding hydrogens is 198 g/mol. The van der Waals surface area contributed by atoms with Gasteiger partial charge in [0.2, 0.25) is 0 Å². The van der Waals surface area contributed by atoms with Gasteiger partial charge in [0.15, 0.2) is 5.75 Å². The molecule has 0 saturated heterocycles. The van der Waals surface area contributed by atoms with Crippen LogP contribution >= 0.6 is 0 Å². The van der Waals surface area contributed by atoms with E-state index in [1.165, 1.54) is 18.2 Å². The van der Waals surface area contributed by atoms with Crippen LogP contribution in [0.4, 0.5) is 5.69 Å². The molecule has 5 nitrogen and oxygen atoms in total. The Balaban J connectivity index is 2.84. The van der Waals surface area contributed by atoms with Crippen molar-refractivity contribution in [3.63, 3.8) is 0 Å². The number of nitroso groups, excluding NO2 is 1. The normalized spacial score (nSPS) is 10.2. The summed E-state index contributed by atoms with van der Waals surface area (Å²) in [6.45, 7) is 0. The molecule has 0 amide bonds. The van der Waals surface area contributed by atoms with Crippen LogP contribution in [0.3, 0.4) is 0 Å². The van der Waals surface area contributed by atoms with Crippen molar-refractivity contribution >= 4 is 16.5 Å². The molecule has 0 fully saturated rings. The fraction of sp³-hybridized carbons (Fsp3) is 0. The largest absolute Gasteiger partial charge is 0.507 e. The molecule has 5 heteroatoms. The minimum atomic E-state index is -0.160. The van der Waals surface area contributed by atoms with Crippen LogP contribution < -0.4 is 4.89 Å². The lowest BCUT2D eigenvalue weighted by Gasteiger charge is -2.04. The highest BCUT2D eigenvalue weighted by atomic mass is 17.1. The van der Waals surface area contributed by atoms with Gasteiger partial charge in [0.05, 0.1) is 5.39 Å². The summed E-state index contributed by atoms with van der Waals surface area (Å²) in [5, 5.41) is 21.8. The van der Waals surface area contributed by atoms with Crippen LogP contribution in [-0.4, -0.2) is 10.4 Å². The van der Waals surface area contributed by atoms with E-state index in [0.29, 0.717) is 10.8 Å². The number of rotatable bonds is 2. The van der Waals surface area contributed by atoms with Gasteiger partial charge in [0.25, 0.3) is 0 Å². The van der Waals surface area contributed by atoms with Crippen molar-refractivity contribution < 1.29 is 15.3 Å². The van der Waals surface area contributed by atoms with Crippen molar-refractivity contribution in [2.45, 2.75) is 0 Å². The Morgan fingerprint density at radius 2 is 2.07 bits per heavy atom. The molecule has 76 valence electrons. The second-order valence-electron chi connectivity index (χ2n) is 3.00. The van der Waals surface area contributed by atoms with Gasteiger partial charge in [-0.25, -0.2) is 5.26 Å². The van der Waals surface area contributed by atoms with E-state index in [1.807, 2.05) is 0 Å². The van der Waals surface area contributed by atoms with Crippen LogP contribution in [0.15, 0.2) is 35.5 Å². The Kier molecular flexibility index (Phi) is 2.23. The number of phenols is 1. The molecule has 15 heavy (non-hydrogen) atoms. The summed E-state index contributed by atoms with van der Waals surface area (Å²) < 4.78 is 0. The molecular formula is C10H7NO4. The highest BCUT2D eigenvalue weighted by Crippen LogP contribution is 2.36. The van der Waals surface area contributed by atoms with E-state index in [0.717, 1.165) is 0 Å². The monoisotopic (exact) mass is 205 g/mol. The maximum absolute atomic E-state index is 10.5. The molecule has 0 radical (unpaired) electrons. The zero-order valence-corrected chi connectivity index (χ0v) is 7.54. The van der Waals surface area contributed by atoms with Gasteiger partial charge < -0.3 is 9.99 Å². The smallest absolute Gasteiger partial charge is 0.169 e. The van der Waals surface area contributed by atoms with E-state index in [4.69, 9.17) is 5.26 Å². The zero-order valence-electron chi connectivity index (χ0n) is 7.54. The third-order valence-electron chi connectivity index (χ3n) is 2.11. The molecule has 0 aliphatic heterocycles. The third kappa shape index (κ3) is 1.49. The summed E-state index contributed by atoms with van der Waals surface area (Å²) >= 11 is 0. The van der Waals surface area contributed by atoms with Gasteiger partial charge in [-0.1, -0.05) is 12.1 Å². The minimum Gasteiger partial charge on any atom is -0.507 e. The second kappa shape index (κ2) is 3.55. The maximum Gasteiger partial charge on any atom is 0.169 e. The standard InChI is InChI=1S/C10H7NO4/c12-9-5-7(15-14)4-6-2-1-3-8(11-13)10(6)9/h1-5,12,14H. The number of phenolic OH excluding ortho intramolecular Hbond substituents is 1. The summed E-state index contributed by atoms with van der Waals surface area (Å²) in [6.07, 6.45) is 0. The first-order valence-electron chi connectivity index (χ1n) is 4.17. The van der Waals surface area contributed by atoms with Crippen molar-refractivity contribution in [2.24, 2.45) is 5.18 Å². The van der Waals surface area contributed by atoms with Crippen molar-refractivity contribution in [1.82, 2.24) is 0 Å². The van der Waals surface area contributed by atoms with Gasteiger partial charge >= 0.3 is 0 Å². The Labute approximate surface area is 84.4 Å². The zero-order chi connectivity index (χ0) is 10.8. The first-order valence-corrected chi connectivity index (χ1v) is 4.17. The van der Waals surface area contributed by atoms with Crippen LogP contribution in [0, 0.1) is 4.91 Å². The molecule has 2 rings (SSSR count). The summed E-state index contributed by atoms with van der Waals surface area (Å²) in [5.41, 5.74) is 0.148. The van der Waals surface area contributed by atoms with Gasteiger partial charge in [-0.2, -0.15) is 0 Å². The molecule has 0 spiro atoms. The molecule has 0 atom stereocenters. The van der Waals surface area contributed by atoms with E-state index < -0.39 is 0 Å². The Hall–Kier alpha value is -2.14. The highest BCUT2D eigenvalue weighted by molar-refractivity contribution is 5.98. The Morgan fingerprint density at radius 1 is 1.27 bits per heavy atom. The van der Waals surface area contributed by atoms with Gasteiger partial charge in [-0.15, -0.1) is 4.91 Å². The van der Waals surface area contributed by atoms with E-state index in [9.17, 15) is 10.0 Å². The first kappa shape index (κ1) is 9.42. The van der Waals surface area contributed by atoms with Crippen molar-refractivity contribution in [3.8, 4) is 11.5 Å². The fourth-order valence-electron chi connectivity index (χ4n) is 1.49. The molecule has 0 saturated carbocycles. The lowest BCUT2D eigenvalue weighted by molar-refractivity contribution is -0.137. The van der Waals surface area contributed by atoms with E-state index in [-0.39, 0.29) is 17.2 Å². The topological polar surface area (TPSA) is 79.1 Å². The average molecular weight is 205 g/mol. The average Bonchev–Trinajstić information content (AvgIpc) is 2.27. The van der Waals surface area contributed by atoms with Gasteiger partial charge in [-0.3, -0.25) is 0 Å². The lowest BCUT2D eigenvalue weighted by atomic mass is 10.1. The van der Waals surface area contributed by atoms with Gasteiger partial charge in [-0.05, 0) is 22.7 Å². The first-order chi connectivity index (χ1) is 7.26. The van der Waals surface area contributed by atoms with E-state index in [2.05, 4.69) is 10.1 Å². The lowest BCUT2D eigenvalue weighted by Crippen LogP contribution is -1.84. The fourth-order valence-corrected chi connectivity index (χ4v) is 1.49. The number of hydrogen-bond acceptors (Lipinski definition) is 5. The molecule has 0 unspecified atom stereocenters. The quantitative estimate of drug-likeness (QED) is 0.448. The van der Waals surface area contributed by atoms with E-state index >= 15 is 0 Å². The molecule has 0 aliphatic carbocycles. The van der Waals surface area contributed by atoms with Crippen molar-refractivity contribution in [1.29, 1.82) is 0 Å². The predicted molar refractivity (Wildman–Crippen MR) is 54.3 cm³/mol. The molecule has 2 N–H and O–H groups in total. The van der Waals surface area contributed by atoms with Crippen molar-refractivity contribution in [2.75, 3.05) is 0 Å². The molecule has 0 heterocycles. The summed E-state index contributed by atoms with van der Waals surface area (Å²) in [7, 11) is 0. The second-order valence-corrected chi connectivity index (χ2v) is 3.00. The number of hydrogen-bond donors (Lipinski definition) is 2. The van der Waals surface area contributed by atoms with E-state index in [1.54, 1.807) is 12.1 Å². The number of benzene rings is 2. The van der Waals surface area contributed by atoms with Crippen LogP contribution in [0.5, 0.6) is 11.5 Å². The summed E-state index contributed by atoms with van der Waals surface area (Å²) in [6, 6.07) is 7.49. The number of fused-ring (bicyclic) bond motifs is 1. The SMILES string of the molecule is O=Nc1cccc2cc(OO)cc(O)c12. The summed E-state index contributed by atoms with van der Waals surface area (Å²) in [5.74, 6) is -0.0604. The number of aromatic hydroxyl groups is 1. The summed E-state index contributed by atoms with van der Waals surface area (Å²) in [4.78, 5) is 14.5. The third-order valence-corrected chi connectivity index (χ3v) is 2.11. The minimum absolute atomic E-state index is 0.100. The van der Waals surface area contributed by atoms with Crippen molar-refractivity contribution in [3.05, 3.63) is 35.2 Å². The van der Waals surface area contributed by atoms with Crippen LogP contribution in [0.2, 0.25) is 0 Å². The number of nitrogens with zero attached hydrogens (tertiary/aromatic N) is 1. The molecule has 0 aromatic heterocycles. The Bertz CT molecular complexity index is 524. The van der Waals surface area contributed by atoms with Gasteiger partial charge in [0.1, 0.15) is 11.4 Å². The molecule has 0 bridgehead atoms. The van der Waals surface area contributed by atoms with Crippen LogP contribution in [0.25, 0.3) is 10.8 Å². The van der Waals surface area contributed by atoms with Crippen LogP contribution in [0.1, 0.15) is 0 Å². The highest BCUT2D eigenvalue weighted by Gasteiger charge is 2.08. The van der Waals surface area contributed by atoms with Crippen LogP contribution in [-0.2, 0) is 0 Å². The molecule has 2 aromatic carbocycles. The molecule has 0 aliphatic rings. The maximum atomic E-state index is 10.5. The predicted octanol–water partition coefficient (Wildman–Crippen LogP) is 2.80. The molecule has 2 aromatic rings.